The number of nitrogens with one attached hydrogen (secondary N) is 2. The number of carbonyl (C=O) groups excluding carboxylic acids is 1. The van der Waals surface area contributed by atoms with Crippen LogP contribution < -0.4 is 15.4 Å². The minimum Gasteiger partial charge on any atom is -0.486 e. The van der Waals surface area contributed by atoms with Crippen LogP contribution in [-0.4, -0.2) is 23.8 Å². The van der Waals surface area contributed by atoms with E-state index >= 15 is 0 Å². The van der Waals surface area contributed by atoms with Crippen LogP contribution in [0.1, 0.15) is 37.5 Å². The zero-order valence-corrected chi connectivity index (χ0v) is 15.0. The van der Waals surface area contributed by atoms with Crippen molar-refractivity contribution in [3.63, 3.8) is 0 Å². The first-order valence-electron chi connectivity index (χ1n) is 8.54. The monoisotopic (exact) mass is 342 g/mol. The Morgan fingerprint density at radius 2 is 1.92 bits per heavy atom. The van der Waals surface area contributed by atoms with Gasteiger partial charge in [0.2, 0.25) is 0 Å². The van der Waals surface area contributed by atoms with Crippen molar-refractivity contribution in [1.29, 1.82) is 0 Å². The van der Waals surface area contributed by atoms with E-state index in [4.69, 9.17) is 9.84 Å². The van der Waals surface area contributed by atoms with Gasteiger partial charge >= 0.3 is 6.03 Å². The van der Waals surface area contributed by atoms with Crippen LogP contribution in [0.3, 0.4) is 0 Å². The molecular weight excluding hydrogens is 316 g/mol. The van der Waals surface area contributed by atoms with Crippen molar-refractivity contribution in [2.75, 3.05) is 11.9 Å². The first-order valence-corrected chi connectivity index (χ1v) is 8.54. The van der Waals surface area contributed by atoms with Crippen molar-refractivity contribution >= 4 is 11.7 Å². The first kappa shape index (κ1) is 18.8. The number of aryl methyl sites for hydroxylation is 1. The first-order chi connectivity index (χ1) is 12.0. The van der Waals surface area contributed by atoms with E-state index in [9.17, 15) is 4.79 Å². The molecule has 0 saturated carbocycles. The van der Waals surface area contributed by atoms with Crippen LogP contribution in [0.4, 0.5) is 10.5 Å². The van der Waals surface area contributed by atoms with Crippen LogP contribution in [0.5, 0.6) is 5.75 Å². The van der Waals surface area contributed by atoms with Gasteiger partial charge in [0.15, 0.2) is 0 Å². The molecule has 25 heavy (non-hydrogen) atoms. The summed E-state index contributed by atoms with van der Waals surface area (Å²) in [5.74, 6) is 0.751. The number of benzene rings is 2. The molecule has 2 aromatic carbocycles. The fraction of sp³-hybridized carbons (Fsp3) is 0.350. The molecule has 0 spiro atoms. The molecule has 2 unspecified atom stereocenters. The molecule has 0 radical (unpaired) electrons. The maximum atomic E-state index is 12.0. The number of amides is 2. The highest BCUT2D eigenvalue weighted by Gasteiger charge is 2.11. The quantitative estimate of drug-likeness (QED) is 0.711. The van der Waals surface area contributed by atoms with Crippen molar-refractivity contribution in [2.45, 2.75) is 39.3 Å². The number of rotatable bonds is 7. The predicted molar refractivity (Wildman–Crippen MR) is 100.0 cm³/mol. The molecule has 5 nitrogen and oxygen atoms in total. The molecule has 0 heterocycles. The molecule has 0 saturated heterocycles. The van der Waals surface area contributed by atoms with Crippen molar-refractivity contribution in [1.82, 2.24) is 5.32 Å². The minimum absolute atomic E-state index is 0.0578. The standard InChI is InChI=1S/C20H26N2O3/c1-4-17(13-23)21-20(24)22-19-11-10-18(12-14(19)2)25-15(3)16-8-6-5-7-9-16/h5-12,15,17,23H,4,13H2,1-3H3,(H2,21,22,24). The minimum atomic E-state index is -0.324. The second kappa shape index (κ2) is 9.08. The largest absolute Gasteiger partial charge is 0.486 e. The lowest BCUT2D eigenvalue weighted by atomic mass is 10.1. The molecule has 2 atom stereocenters. The zero-order valence-electron chi connectivity index (χ0n) is 15.0. The number of hydrogen-bond acceptors (Lipinski definition) is 3. The summed E-state index contributed by atoms with van der Waals surface area (Å²) in [7, 11) is 0. The summed E-state index contributed by atoms with van der Waals surface area (Å²) < 4.78 is 5.98. The van der Waals surface area contributed by atoms with E-state index in [2.05, 4.69) is 10.6 Å². The van der Waals surface area contributed by atoms with Crippen LogP contribution >= 0.6 is 0 Å². The van der Waals surface area contributed by atoms with Crippen molar-refractivity contribution in [3.05, 3.63) is 59.7 Å². The van der Waals surface area contributed by atoms with Gasteiger partial charge in [-0.25, -0.2) is 4.79 Å². The third-order valence-electron chi connectivity index (χ3n) is 4.08. The van der Waals surface area contributed by atoms with Crippen molar-refractivity contribution in [3.8, 4) is 5.75 Å². The average Bonchev–Trinajstić information content (AvgIpc) is 2.62. The van der Waals surface area contributed by atoms with E-state index in [1.807, 2.05) is 69.3 Å². The molecule has 3 N–H and O–H groups in total. The van der Waals surface area contributed by atoms with E-state index in [1.165, 1.54) is 0 Å². The topological polar surface area (TPSA) is 70.6 Å². The molecular formula is C20H26N2O3. The fourth-order valence-corrected chi connectivity index (χ4v) is 2.47. The van der Waals surface area contributed by atoms with E-state index in [0.717, 1.165) is 16.9 Å². The summed E-state index contributed by atoms with van der Waals surface area (Å²) in [6.45, 7) is 5.75. The van der Waals surface area contributed by atoms with Gasteiger partial charge in [-0.3, -0.25) is 0 Å². The van der Waals surface area contributed by atoms with E-state index in [-0.39, 0.29) is 24.8 Å². The van der Waals surface area contributed by atoms with Gasteiger partial charge in [0, 0.05) is 5.69 Å². The second-order valence-electron chi connectivity index (χ2n) is 6.03. The highest BCUT2D eigenvalue weighted by atomic mass is 16.5. The van der Waals surface area contributed by atoms with Crippen LogP contribution in [0.15, 0.2) is 48.5 Å². The second-order valence-corrected chi connectivity index (χ2v) is 6.03. The van der Waals surface area contributed by atoms with E-state index in [1.54, 1.807) is 0 Å². The van der Waals surface area contributed by atoms with Gasteiger partial charge in [-0.2, -0.15) is 0 Å². The normalized spacial score (nSPS) is 13.0. The molecule has 134 valence electrons. The zero-order chi connectivity index (χ0) is 18.2. The fourth-order valence-electron chi connectivity index (χ4n) is 2.47. The molecule has 0 fully saturated rings. The number of aliphatic hydroxyl groups excluding tert-OH is 1. The van der Waals surface area contributed by atoms with Crippen LogP contribution in [0, 0.1) is 6.92 Å². The smallest absolute Gasteiger partial charge is 0.319 e. The van der Waals surface area contributed by atoms with Gasteiger partial charge in [-0.1, -0.05) is 37.3 Å². The molecule has 0 aliphatic carbocycles. The number of hydrogen-bond donors (Lipinski definition) is 3. The summed E-state index contributed by atoms with van der Waals surface area (Å²) in [6.07, 6.45) is 0.616. The Bertz CT molecular complexity index is 685. The molecule has 5 heteroatoms. The third-order valence-corrected chi connectivity index (χ3v) is 4.08. The Morgan fingerprint density at radius 3 is 2.52 bits per heavy atom. The van der Waals surface area contributed by atoms with Gasteiger partial charge in [-0.15, -0.1) is 0 Å². The molecule has 0 aliphatic rings. The number of ether oxygens (including phenoxy) is 1. The van der Waals surface area contributed by atoms with Gasteiger partial charge in [-0.05, 0) is 49.6 Å². The van der Waals surface area contributed by atoms with Crippen LogP contribution in [-0.2, 0) is 0 Å². The summed E-state index contributed by atoms with van der Waals surface area (Å²) in [5, 5.41) is 14.7. The highest BCUT2D eigenvalue weighted by molar-refractivity contribution is 5.90. The van der Waals surface area contributed by atoms with Gasteiger partial charge in [0.1, 0.15) is 11.9 Å². The Balaban J connectivity index is 1.99. The average molecular weight is 342 g/mol. The molecule has 2 amide bonds. The lowest BCUT2D eigenvalue weighted by Gasteiger charge is -2.18. The summed E-state index contributed by atoms with van der Waals surface area (Å²) in [4.78, 5) is 12.0. The lowest BCUT2D eigenvalue weighted by Crippen LogP contribution is -2.39. The maximum absolute atomic E-state index is 12.0. The summed E-state index contributed by atoms with van der Waals surface area (Å²) in [6, 6.07) is 15.0. The van der Waals surface area contributed by atoms with Gasteiger partial charge < -0.3 is 20.5 Å². The number of urea groups is 1. The Labute approximate surface area is 149 Å². The SMILES string of the molecule is CCC(CO)NC(=O)Nc1ccc(OC(C)c2ccccc2)cc1C. The third kappa shape index (κ3) is 5.50. The summed E-state index contributed by atoms with van der Waals surface area (Å²) in [5.41, 5.74) is 2.73. The number of anilines is 1. The van der Waals surface area contributed by atoms with Gasteiger partial charge in [0.25, 0.3) is 0 Å². The molecule has 0 bridgehead atoms. The Kier molecular flexibility index (Phi) is 6.83. The Hall–Kier alpha value is -2.53. The number of carbonyl (C=O) groups is 1. The van der Waals surface area contributed by atoms with E-state index < -0.39 is 0 Å². The van der Waals surface area contributed by atoms with Gasteiger partial charge in [0.05, 0.1) is 12.6 Å². The summed E-state index contributed by atoms with van der Waals surface area (Å²) >= 11 is 0. The lowest BCUT2D eigenvalue weighted by molar-refractivity contribution is 0.222. The van der Waals surface area contributed by atoms with E-state index in [0.29, 0.717) is 12.1 Å². The molecule has 2 rings (SSSR count). The Morgan fingerprint density at radius 1 is 1.20 bits per heavy atom. The predicted octanol–water partition coefficient (Wildman–Crippen LogP) is 4.03. The van der Waals surface area contributed by atoms with Crippen LogP contribution in [0.25, 0.3) is 0 Å². The maximum Gasteiger partial charge on any atom is 0.319 e. The molecule has 2 aromatic rings. The molecule has 0 aromatic heterocycles. The molecule has 0 aliphatic heterocycles. The van der Waals surface area contributed by atoms with Crippen molar-refractivity contribution < 1.29 is 14.6 Å². The highest BCUT2D eigenvalue weighted by Crippen LogP contribution is 2.26. The van der Waals surface area contributed by atoms with Crippen molar-refractivity contribution in [2.24, 2.45) is 0 Å². The number of aliphatic hydroxyl groups is 1. The van der Waals surface area contributed by atoms with Crippen LogP contribution in [0.2, 0.25) is 0 Å².